The number of nitrogens with one attached hydrogen (secondary N) is 1. The molecule has 1 N–H and O–H groups in total. The number of rotatable bonds is 3. The van der Waals surface area contributed by atoms with Gasteiger partial charge in [0.25, 0.3) is 5.69 Å². The molecule has 0 radical (unpaired) electrons. The first-order chi connectivity index (χ1) is 10.1. The molecule has 6 nitrogen and oxygen atoms in total. The van der Waals surface area contributed by atoms with Gasteiger partial charge in [-0.05, 0) is 32.5 Å². The number of aromatic nitrogens is 1. The number of nitro benzene ring substituents is 1. The van der Waals surface area contributed by atoms with E-state index >= 15 is 0 Å². The molecule has 6 heteroatoms. The van der Waals surface area contributed by atoms with Crippen LogP contribution in [0.1, 0.15) is 12.1 Å². The molecule has 1 aliphatic rings. The maximum atomic E-state index is 11.2. The SMILES string of the molecule is CNC1CCN(c2ccc([N+](=O)[O-])c3cnc(C)cc23)C1. The van der Waals surface area contributed by atoms with Gasteiger partial charge in [0.15, 0.2) is 0 Å². The molecule has 1 saturated heterocycles. The quantitative estimate of drug-likeness (QED) is 0.692. The third-order valence-corrected chi connectivity index (χ3v) is 4.13. The van der Waals surface area contributed by atoms with Crippen LogP contribution in [-0.4, -0.2) is 36.1 Å². The minimum Gasteiger partial charge on any atom is -0.369 e. The molecule has 2 aromatic rings. The molecule has 1 aromatic heterocycles. The molecule has 3 rings (SSSR count). The molecule has 1 fully saturated rings. The lowest BCUT2D eigenvalue weighted by atomic mass is 10.1. The first-order valence-corrected chi connectivity index (χ1v) is 7.06. The van der Waals surface area contributed by atoms with Gasteiger partial charge < -0.3 is 10.2 Å². The van der Waals surface area contributed by atoms with Crippen molar-refractivity contribution in [2.45, 2.75) is 19.4 Å². The van der Waals surface area contributed by atoms with E-state index < -0.39 is 0 Å². The molecule has 0 amide bonds. The molecule has 0 aliphatic carbocycles. The average Bonchev–Trinajstić information content (AvgIpc) is 2.94. The lowest BCUT2D eigenvalue weighted by Crippen LogP contribution is -2.29. The maximum Gasteiger partial charge on any atom is 0.278 e. The zero-order valence-corrected chi connectivity index (χ0v) is 12.2. The summed E-state index contributed by atoms with van der Waals surface area (Å²) in [7, 11) is 1.97. The molecule has 1 unspecified atom stereocenters. The van der Waals surface area contributed by atoms with Crippen LogP contribution < -0.4 is 10.2 Å². The smallest absolute Gasteiger partial charge is 0.278 e. The van der Waals surface area contributed by atoms with Crippen molar-refractivity contribution in [3.63, 3.8) is 0 Å². The van der Waals surface area contributed by atoms with Gasteiger partial charge in [-0.15, -0.1) is 0 Å². The predicted octanol–water partition coefficient (Wildman–Crippen LogP) is 2.25. The van der Waals surface area contributed by atoms with Crippen LogP contribution in [0.2, 0.25) is 0 Å². The van der Waals surface area contributed by atoms with Crippen molar-refractivity contribution in [2.75, 3.05) is 25.0 Å². The summed E-state index contributed by atoms with van der Waals surface area (Å²) in [5.41, 5.74) is 2.04. The lowest BCUT2D eigenvalue weighted by molar-refractivity contribution is -0.383. The van der Waals surface area contributed by atoms with Gasteiger partial charge in [-0.1, -0.05) is 0 Å². The highest BCUT2D eigenvalue weighted by Gasteiger charge is 2.24. The maximum absolute atomic E-state index is 11.2. The predicted molar refractivity (Wildman–Crippen MR) is 82.8 cm³/mol. The number of nitrogens with zero attached hydrogens (tertiary/aromatic N) is 3. The van der Waals surface area contributed by atoms with Crippen molar-refractivity contribution >= 4 is 22.1 Å². The Hall–Kier alpha value is -2.21. The van der Waals surface area contributed by atoms with Gasteiger partial charge >= 0.3 is 0 Å². The van der Waals surface area contributed by atoms with Crippen LogP contribution in [0.15, 0.2) is 24.4 Å². The van der Waals surface area contributed by atoms with Gasteiger partial charge in [0.2, 0.25) is 0 Å². The van der Waals surface area contributed by atoms with Gasteiger partial charge in [0.1, 0.15) is 0 Å². The molecule has 0 saturated carbocycles. The number of aryl methyl sites for hydroxylation is 1. The average molecular weight is 286 g/mol. The number of hydrogen-bond donors (Lipinski definition) is 1. The number of pyridine rings is 1. The van der Waals surface area contributed by atoms with E-state index in [1.54, 1.807) is 12.3 Å². The Morgan fingerprint density at radius 2 is 2.24 bits per heavy atom. The summed E-state index contributed by atoms with van der Waals surface area (Å²) in [5.74, 6) is 0. The fourth-order valence-electron chi connectivity index (χ4n) is 2.96. The number of anilines is 1. The van der Waals surface area contributed by atoms with E-state index in [0.717, 1.165) is 36.3 Å². The molecule has 1 aliphatic heterocycles. The Labute approximate surface area is 122 Å². The van der Waals surface area contributed by atoms with E-state index in [1.807, 2.05) is 26.1 Å². The van der Waals surface area contributed by atoms with Crippen LogP contribution in [-0.2, 0) is 0 Å². The fourth-order valence-corrected chi connectivity index (χ4v) is 2.96. The van der Waals surface area contributed by atoms with E-state index in [0.29, 0.717) is 11.4 Å². The third-order valence-electron chi connectivity index (χ3n) is 4.13. The molecule has 21 heavy (non-hydrogen) atoms. The number of fused-ring (bicyclic) bond motifs is 1. The van der Waals surface area contributed by atoms with Gasteiger partial charge in [-0.3, -0.25) is 15.1 Å². The lowest BCUT2D eigenvalue weighted by Gasteiger charge is -2.20. The molecule has 110 valence electrons. The first kappa shape index (κ1) is 13.8. The van der Waals surface area contributed by atoms with Crippen molar-refractivity contribution < 1.29 is 4.92 Å². The molecular weight excluding hydrogens is 268 g/mol. The molecule has 0 bridgehead atoms. The zero-order valence-electron chi connectivity index (χ0n) is 12.2. The van der Waals surface area contributed by atoms with Gasteiger partial charge in [0, 0.05) is 48.2 Å². The number of hydrogen-bond acceptors (Lipinski definition) is 5. The summed E-state index contributed by atoms with van der Waals surface area (Å²) >= 11 is 0. The number of nitro groups is 1. The summed E-state index contributed by atoms with van der Waals surface area (Å²) in [5, 5.41) is 16.0. The Balaban J connectivity index is 2.13. The van der Waals surface area contributed by atoms with Gasteiger partial charge in [0.05, 0.1) is 10.3 Å². The van der Waals surface area contributed by atoms with Gasteiger partial charge in [-0.2, -0.15) is 0 Å². The zero-order chi connectivity index (χ0) is 15.0. The summed E-state index contributed by atoms with van der Waals surface area (Å²) in [4.78, 5) is 17.3. The van der Waals surface area contributed by atoms with E-state index in [2.05, 4.69) is 15.2 Å². The highest BCUT2D eigenvalue weighted by Crippen LogP contribution is 2.34. The van der Waals surface area contributed by atoms with Crippen molar-refractivity contribution in [3.05, 3.63) is 40.2 Å². The molecular formula is C15H18N4O2. The third kappa shape index (κ3) is 2.42. The largest absolute Gasteiger partial charge is 0.369 e. The van der Waals surface area contributed by atoms with Crippen molar-refractivity contribution in [3.8, 4) is 0 Å². The van der Waals surface area contributed by atoms with E-state index in [1.165, 1.54) is 0 Å². The Morgan fingerprint density at radius 1 is 1.43 bits per heavy atom. The second-order valence-corrected chi connectivity index (χ2v) is 5.45. The Morgan fingerprint density at radius 3 is 2.90 bits per heavy atom. The molecule has 1 aromatic carbocycles. The normalized spacial score (nSPS) is 18.4. The van der Waals surface area contributed by atoms with E-state index in [4.69, 9.17) is 0 Å². The van der Waals surface area contributed by atoms with Crippen LogP contribution in [0, 0.1) is 17.0 Å². The van der Waals surface area contributed by atoms with Crippen molar-refractivity contribution in [1.82, 2.24) is 10.3 Å². The van der Waals surface area contributed by atoms with E-state index in [9.17, 15) is 10.1 Å². The first-order valence-electron chi connectivity index (χ1n) is 7.06. The second kappa shape index (κ2) is 5.29. The fraction of sp³-hybridized carbons (Fsp3) is 0.400. The Bertz CT molecular complexity index is 701. The number of non-ortho nitro benzene ring substituents is 1. The molecule has 0 spiro atoms. The highest BCUT2D eigenvalue weighted by atomic mass is 16.6. The minimum atomic E-state index is -0.344. The minimum absolute atomic E-state index is 0.116. The van der Waals surface area contributed by atoms with Crippen molar-refractivity contribution in [2.24, 2.45) is 0 Å². The monoisotopic (exact) mass is 286 g/mol. The van der Waals surface area contributed by atoms with Crippen molar-refractivity contribution in [1.29, 1.82) is 0 Å². The van der Waals surface area contributed by atoms with Crippen LogP contribution in [0.4, 0.5) is 11.4 Å². The second-order valence-electron chi connectivity index (χ2n) is 5.45. The number of benzene rings is 1. The summed E-state index contributed by atoms with van der Waals surface area (Å²) in [6.07, 6.45) is 2.69. The topological polar surface area (TPSA) is 71.3 Å². The molecule has 2 heterocycles. The Kier molecular flexibility index (Phi) is 3.47. The van der Waals surface area contributed by atoms with Crippen LogP contribution >= 0.6 is 0 Å². The summed E-state index contributed by atoms with van der Waals surface area (Å²) in [6.45, 7) is 3.78. The number of likely N-dealkylation sites (N-methyl/N-ethyl adjacent to an activating group) is 1. The van der Waals surface area contributed by atoms with Crippen LogP contribution in [0.25, 0.3) is 10.8 Å². The van der Waals surface area contributed by atoms with Gasteiger partial charge in [-0.25, -0.2) is 0 Å². The van der Waals surface area contributed by atoms with E-state index in [-0.39, 0.29) is 10.6 Å². The van der Waals surface area contributed by atoms with Crippen LogP contribution in [0.3, 0.4) is 0 Å². The standard InChI is InChI=1S/C15H18N4O2/c1-10-7-12-13(8-17-10)15(19(20)21)4-3-14(12)18-6-5-11(9-18)16-2/h3-4,7-8,11,16H,5-6,9H2,1-2H3. The molecule has 1 atom stereocenters. The summed E-state index contributed by atoms with van der Waals surface area (Å²) in [6, 6.07) is 5.85. The highest BCUT2D eigenvalue weighted by molar-refractivity contribution is 5.99. The summed E-state index contributed by atoms with van der Waals surface area (Å²) < 4.78 is 0. The van der Waals surface area contributed by atoms with Crippen LogP contribution in [0.5, 0.6) is 0 Å².